The average molecular weight is 641 g/mol. The molecule has 248 valence electrons. The molecule has 1 heterocycles. The Labute approximate surface area is 269 Å². The Bertz CT molecular complexity index is 1450. The molecule has 0 aliphatic carbocycles. The standard InChI is InChI=1S/C34H52N4O6Si/c1-11-45(12-2,13-3)44-30(25-15-14-16-26(35)21-25)23-37(31(39)42-33(5,6)7)19-20-41-27-17-18-28-24(4)36-38(29(28)22-27)32(40)43-34(8,9)10/h14-18,21-22,30H,11-13,19-20,23,35H2,1-10H3. The Hall–Kier alpha value is -3.57. The van der Waals surface area contributed by atoms with Crippen molar-refractivity contribution in [2.75, 3.05) is 25.4 Å². The molecule has 0 saturated heterocycles. The van der Waals surface area contributed by atoms with E-state index in [2.05, 4.69) is 25.9 Å². The smallest absolute Gasteiger partial charge is 0.435 e. The number of aromatic nitrogens is 2. The third-order valence-corrected chi connectivity index (χ3v) is 12.3. The summed E-state index contributed by atoms with van der Waals surface area (Å²) in [6, 6.07) is 16.0. The van der Waals surface area contributed by atoms with Crippen molar-refractivity contribution >= 4 is 37.1 Å². The second-order valence-electron chi connectivity index (χ2n) is 13.5. The largest absolute Gasteiger partial charge is 0.492 e. The number of carbonyl (C=O) groups is 2. The topological polar surface area (TPSA) is 118 Å². The van der Waals surface area contributed by atoms with E-state index in [9.17, 15) is 9.59 Å². The number of hydrogen-bond acceptors (Lipinski definition) is 8. The fourth-order valence-electron chi connectivity index (χ4n) is 5.11. The highest BCUT2D eigenvalue weighted by molar-refractivity contribution is 6.73. The molecule has 0 aliphatic heterocycles. The predicted molar refractivity (Wildman–Crippen MR) is 181 cm³/mol. The van der Waals surface area contributed by atoms with Gasteiger partial charge in [-0.15, -0.1) is 0 Å². The summed E-state index contributed by atoms with van der Waals surface area (Å²) >= 11 is 0. The number of benzene rings is 2. The SMILES string of the molecule is CC[Si](CC)(CC)OC(CN(CCOc1ccc2c(C)nn(C(=O)OC(C)(C)C)c2c1)C(=O)OC(C)(C)C)c1cccc(N)c1. The number of carbonyl (C=O) groups excluding carboxylic acids is 2. The molecule has 11 heteroatoms. The molecule has 1 aromatic heterocycles. The first-order valence-corrected chi connectivity index (χ1v) is 18.4. The van der Waals surface area contributed by atoms with Crippen molar-refractivity contribution in [1.82, 2.24) is 14.7 Å². The molecule has 1 unspecified atom stereocenters. The number of anilines is 1. The monoisotopic (exact) mass is 640 g/mol. The summed E-state index contributed by atoms with van der Waals surface area (Å²) in [6.45, 7) is 20.1. The minimum Gasteiger partial charge on any atom is -0.492 e. The van der Waals surface area contributed by atoms with Gasteiger partial charge in [-0.1, -0.05) is 32.9 Å². The lowest BCUT2D eigenvalue weighted by atomic mass is 10.1. The van der Waals surface area contributed by atoms with Crippen LogP contribution in [0.1, 0.15) is 79.7 Å². The zero-order chi connectivity index (χ0) is 33.6. The number of amides is 1. The van der Waals surface area contributed by atoms with Crippen LogP contribution in [0.4, 0.5) is 15.3 Å². The Morgan fingerprint density at radius 2 is 1.60 bits per heavy atom. The van der Waals surface area contributed by atoms with Crippen molar-refractivity contribution in [2.24, 2.45) is 0 Å². The van der Waals surface area contributed by atoms with Gasteiger partial charge in [0.25, 0.3) is 0 Å². The Kier molecular flexibility index (Phi) is 11.7. The molecule has 1 atom stereocenters. The van der Waals surface area contributed by atoms with Crippen molar-refractivity contribution < 1.29 is 28.2 Å². The van der Waals surface area contributed by atoms with E-state index in [0.29, 0.717) is 22.6 Å². The summed E-state index contributed by atoms with van der Waals surface area (Å²) < 4.78 is 25.7. The zero-order valence-electron chi connectivity index (χ0n) is 28.7. The molecule has 10 nitrogen and oxygen atoms in total. The van der Waals surface area contributed by atoms with Gasteiger partial charge in [-0.05, 0) is 96.4 Å². The number of nitrogens with two attached hydrogens (primary N) is 1. The van der Waals surface area contributed by atoms with Crippen LogP contribution in [0.5, 0.6) is 5.75 Å². The first kappa shape index (κ1) is 35.9. The molecular weight excluding hydrogens is 588 g/mol. The number of hydrogen-bond donors (Lipinski definition) is 1. The van der Waals surface area contributed by atoms with Crippen molar-refractivity contribution in [3.8, 4) is 5.75 Å². The van der Waals surface area contributed by atoms with E-state index in [1.54, 1.807) is 11.0 Å². The van der Waals surface area contributed by atoms with Gasteiger partial charge in [0, 0.05) is 17.1 Å². The van der Waals surface area contributed by atoms with Crippen LogP contribution in [-0.2, 0) is 13.9 Å². The highest BCUT2D eigenvalue weighted by Gasteiger charge is 2.35. The highest BCUT2D eigenvalue weighted by Crippen LogP contribution is 2.32. The first-order chi connectivity index (χ1) is 21.0. The second kappa shape index (κ2) is 14.7. The van der Waals surface area contributed by atoms with Crippen molar-refractivity contribution in [3.05, 3.63) is 53.7 Å². The molecular formula is C34H52N4O6Si. The first-order valence-electron chi connectivity index (χ1n) is 15.9. The van der Waals surface area contributed by atoms with Gasteiger partial charge >= 0.3 is 12.2 Å². The van der Waals surface area contributed by atoms with Gasteiger partial charge in [0.1, 0.15) is 23.6 Å². The third-order valence-electron chi connectivity index (χ3n) is 7.68. The molecule has 0 saturated carbocycles. The minimum absolute atomic E-state index is 0.186. The fraction of sp³-hybridized carbons (Fsp3) is 0.559. The second-order valence-corrected chi connectivity index (χ2v) is 18.2. The Morgan fingerprint density at radius 3 is 2.18 bits per heavy atom. The normalized spacial score (nSPS) is 13.0. The third kappa shape index (κ3) is 9.96. The molecule has 1 amide bonds. The number of rotatable bonds is 12. The minimum atomic E-state index is -2.06. The zero-order valence-corrected chi connectivity index (χ0v) is 29.7. The van der Waals surface area contributed by atoms with Crippen LogP contribution in [0.3, 0.4) is 0 Å². The van der Waals surface area contributed by atoms with Gasteiger partial charge in [-0.3, -0.25) is 0 Å². The molecule has 0 aliphatic rings. The highest BCUT2D eigenvalue weighted by atomic mass is 28.4. The Balaban J connectivity index is 1.88. The van der Waals surface area contributed by atoms with Gasteiger partial charge in [-0.2, -0.15) is 9.78 Å². The molecule has 2 aromatic carbocycles. The number of fused-ring (bicyclic) bond motifs is 1. The van der Waals surface area contributed by atoms with E-state index in [1.165, 1.54) is 4.68 Å². The van der Waals surface area contributed by atoms with Crippen molar-refractivity contribution in [1.29, 1.82) is 0 Å². The lowest BCUT2D eigenvalue weighted by Gasteiger charge is -2.36. The summed E-state index contributed by atoms with van der Waals surface area (Å²) in [5.74, 6) is 0.536. The maximum atomic E-state index is 13.5. The van der Waals surface area contributed by atoms with E-state index >= 15 is 0 Å². The average Bonchev–Trinajstić information content (AvgIpc) is 3.28. The van der Waals surface area contributed by atoms with Crippen molar-refractivity contribution in [3.63, 3.8) is 0 Å². The number of nitrogen functional groups attached to an aromatic ring is 1. The van der Waals surface area contributed by atoms with E-state index in [4.69, 9.17) is 24.4 Å². The number of ether oxygens (including phenoxy) is 3. The summed E-state index contributed by atoms with van der Waals surface area (Å²) in [5, 5.41) is 5.22. The number of nitrogens with zero attached hydrogens (tertiary/aromatic N) is 3. The molecule has 3 aromatic rings. The van der Waals surface area contributed by atoms with Gasteiger partial charge in [-0.25, -0.2) is 9.59 Å². The number of aryl methyl sites for hydroxylation is 1. The predicted octanol–water partition coefficient (Wildman–Crippen LogP) is 8.09. The van der Waals surface area contributed by atoms with Gasteiger partial charge in [0.2, 0.25) is 0 Å². The molecule has 0 fully saturated rings. The van der Waals surface area contributed by atoms with Crippen LogP contribution < -0.4 is 10.5 Å². The summed E-state index contributed by atoms with van der Waals surface area (Å²) in [4.78, 5) is 28.0. The molecule has 0 spiro atoms. The van der Waals surface area contributed by atoms with Gasteiger partial charge < -0.3 is 29.3 Å². The maximum absolute atomic E-state index is 13.5. The van der Waals surface area contributed by atoms with E-state index in [0.717, 1.165) is 29.1 Å². The van der Waals surface area contributed by atoms with Crippen LogP contribution in [0.15, 0.2) is 42.5 Å². The fourth-order valence-corrected chi connectivity index (χ4v) is 7.93. The van der Waals surface area contributed by atoms with Crippen LogP contribution in [0, 0.1) is 6.92 Å². The molecule has 0 bridgehead atoms. The summed E-state index contributed by atoms with van der Waals surface area (Å²) in [7, 11) is -2.06. The summed E-state index contributed by atoms with van der Waals surface area (Å²) in [6.07, 6.45) is -1.39. The maximum Gasteiger partial charge on any atom is 0.435 e. The van der Waals surface area contributed by atoms with Crippen molar-refractivity contribution in [2.45, 2.75) is 105 Å². The van der Waals surface area contributed by atoms with Crippen LogP contribution in [0.25, 0.3) is 10.9 Å². The van der Waals surface area contributed by atoms with E-state index in [1.807, 2.05) is 84.9 Å². The summed E-state index contributed by atoms with van der Waals surface area (Å²) in [5.41, 5.74) is 7.68. The molecule has 3 rings (SSSR count). The molecule has 45 heavy (non-hydrogen) atoms. The molecule has 2 N–H and O–H groups in total. The quantitative estimate of drug-likeness (QED) is 0.156. The van der Waals surface area contributed by atoms with Gasteiger partial charge in [0.05, 0.1) is 30.4 Å². The van der Waals surface area contributed by atoms with E-state index < -0.39 is 31.7 Å². The molecule has 0 radical (unpaired) electrons. The van der Waals surface area contributed by atoms with Crippen LogP contribution >= 0.6 is 0 Å². The lowest BCUT2D eigenvalue weighted by Crippen LogP contribution is -2.45. The van der Waals surface area contributed by atoms with Gasteiger partial charge in [0.15, 0.2) is 8.32 Å². The van der Waals surface area contributed by atoms with Crippen LogP contribution in [0.2, 0.25) is 18.1 Å². The lowest BCUT2D eigenvalue weighted by molar-refractivity contribution is 0.0131. The van der Waals surface area contributed by atoms with Crippen LogP contribution in [-0.4, -0.2) is 66.1 Å². The van der Waals surface area contributed by atoms with E-state index in [-0.39, 0.29) is 25.8 Å². The Morgan fingerprint density at radius 1 is 0.956 bits per heavy atom.